The third-order valence-electron chi connectivity index (χ3n) is 3.88. The maximum absolute atomic E-state index is 13.8. The number of ether oxygens (including phenoxy) is 1. The molecule has 1 aromatic carbocycles. The van der Waals surface area contributed by atoms with Gasteiger partial charge in [-0.3, -0.25) is 0 Å². The molecule has 0 radical (unpaired) electrons. The van der Waals surface area contributed by atoms with Crippen LogP contribution in [0.25, 0.3) is 0 Å². The number of fused-ring (bicyclic) bond motifs is 2. The number of hydrogen-bond donors (Lipinski definition) is 1. The van der Waals surface area contributed by atoms with Crippen molar-refractivity contribution >= 4 is 11.6 Å². The molecule has 0 aromatic heterocycles. The Morgan fingerprint density at radius 1 is 1.22 bits per heavy atom. The van der Waals surface area contributed by atoms with Gasteiger partial charge in [-0.2, -0.15) is 0 Å². The summed E-state index contributed by atoms with van der Waals surface area (Å²) in [5, 5.41) is 3.72. The van der Waals surface area contributed by atoms with E-state index < -0.39 is 5.82 Å². The minimum absolute atomic E-state index is 0.106. The van der Waals surface area contributed by atoms with Gasteiger partial charge in [0.2, 0.25) is 0 Å². The Labute approximate surface area is 111 Å². The van der Waals surface area contributed by atoms with E-state index in [2.05, 4.69) is 5.32 Å². The highest BCUT2D eigenvalue weighted by atomic mass is 35.5. The van der Waals surface area contributed by atoms with Crippen LogP contribution in [0.4, 0.5) is 4.39 Å². The third-order valence-corrected chi connectivity index (χ3v) is 4.17. The van der Waals surface area contributed by atoms with E-state index in [0.717, 1.165) is 12.8 Å². The van der Waals surface area contributed by atoms with Crippen LogP contribution < -0.4 is 10.1 Å². The summed E-state index contributed by atoms with van der Waals surface area (Å²) in [4.78, 5) is 0. The fourth-order valence-electron chi connectivity index (χ4n) is 3.06. The molecule has 4 heteroatoms. The van der Waals surface area contributed by atoms with Gasteiger partial charge < -0.3 is 10.1 Å². The molecule has 0 aliphatic carbocycles. The van der Waals surface area contributed by atoms with Crippen molar-refractivity contribution in [3.8, 4) is 5.75 Å². The number of rotatable bonds is 2. The second-order valence-electron chi connectivity index (χ2n) is 5.25. The molecule has 1 N–H and O–H groups in total. The fraction of sp³-hybridized carbons (Fsp3) is 0.571. The van der Waals surface area contributed by atoms with Gasteiger partial charge >= 0.3 is 0 Å². The minimum atomic E-state index is -0.442. The van der Waals surface area contributed by atoms with Crippen LogP contribution in [0.1, 0.15) is 32.1 Å². The van der Waals surface area contributed by atoms with Crippen molar-refractivity contribution in [1.29, 1.82) is 0 Å². The molecular formula is C14H17ClFNO. The van der Waals surface area contributed by atoms with Gasteiger partial charge in [0.15, 0.2) is 11.6 Å². The number of hydrogen-bond acceptors (Lipinski definition) is 2. The quantitative estimate of drug-likeness (QED) is 0.887. The average Bonchev–Trinajstić information content (AvgIpc) is 2.35. The molecule has 1 aromatic rings. The summed E-state index contributed by atoms with van der Waals surface area (Å²) in [6, 6.07) is 5.98. The summed E-state index contributed by atoms with van der Waals surface area (Å²) in [6.45, 7) is 0. The zero-order valence-electron chi connectivity index (χ0n) is 10.2. The van der Waals surface area contributed by atoms with E-state index in [1.54, 1.807) is 18.2 Å². The first kappa shape index (κ1) is 12.2. The molecule has 0 saturated carbocycles. The third kappa shape index (κ3) is 2.47. The van der Waals surface area contributed by atoms with Gasteiger partial charge in [0.25, 0.3) is 0 Å². The Balaban J connectivity index is 1.71. The second-order valence-corrected chi connectivity index (χ2v) is 5.66. The first-order valence-electron chi connectivity index (χ1n) is 6.59. The molecule has 18 heavy (non-hydrogen) atoms. The van der Waals surface area contributed by atoms with E-state index in [1.807, 2.05) is 0 Å². The molecule has 2 unspecified atom stereocenters. The molecule has 98 valence electrons. The summed E-state index contributed by atoms with van der Waals surface area (Å²) < 4.78 is 19.6. The maximum Gasteiger partial charge on any atom is 0.183 e. The van der Waals surface area contributed by atoms with E-state index in [-0.39, 0.29) is 16.9 Å². The van der Waals surface area contributed by atoms with Crippen molar-refractivity contribution in [1.82, 2.24) is 5.32 Å². The maximum atomic E-state index is 13.8. The molecule has 0 amide bonds. The van der Waals surface area contributed by atoms with Crippen LogP contribution in [-0.4, -0.2) is 18.2 Å². The molecular weight excluding hydrogens is 253 g/mol. The Morgan fingerprint density at radius 3 is 2.67 bits per heavy atom. The van der Waals surface area contributed by atoms with Gasteiger partial charge in [0.05, 0.1) is 5.02 Å². The fourth-order valence-corrected chi connectivity index (χ4v) is 3.23. The van der Waals surface area contributed by atoms with Crippen molar-refractivity contribution in [3.63, 3.8) is 0 Å². The van der Waals surface area contributed by atoms with Gasteiger partial charge in [-0.05, 0) is 37.8 Å². The van der Waals surface area contributed by atoms with Gasteiger partial charge in [0.1, 0.15) is 6.10 Å². The van der Waals surface area contributed by atoms with Crippen molar-refractivity contribution in [3.05, 3.63) is 29.0 Å². The number of piperidine rings is 2. The highest BCUT2D eigenvalue weighted by Crippen LogP contribution is 2.31. The van der Waals surface area contributed by atoms with Crippen LogP contribution >= 0.6 is 11.6 Å². The molecule has 2 bridgehead atoms. The monoisotopic (exact) mass is 269 g/mol. The lowest BCUT2D eigenvalue weighted by Crippen LogP contribution is -2.51. The largest absolute Gasteiger partial charge is 0.487 e. The van der Waals surface area contributed by atoms with Crippen LogP contribution in [0.2, 0.25) is 5.02 Å². The first-order valence-corrected chi connectivity index (χ1v) is 6.97. The molecule has 0 spiro atoms. The van der Waals surface area contributed by atoms with Gasteiger partial charge in [0, 0.05) is 12.1 Å². The Bertz CT molecular complexity index is 428. The van der Waals surface area contributed by atoms with Gasteiger partial charge in [-0.25, -0.2) is 4.39 Å². The smallest absolute Gasteiger partial charge is 0.183 e. The van der Waals surface area contributed by atoms with Crippen LogP contribution in [-0.2, 0) is 0 Å². The van der Waals surface area contributed by atoms with E-state index in [0.29, 0.717) is 12.1 Å². The second kappa shape index (κ2) is 5.06. The van der Waals surface area contributed by atoms with Crippen molar-refractivity contribution in [2.75, 3.05) is 0 Å². The molecule has 2 saturated heterocycles. The van der Waals surface area contributed by atoms with Crippen molar-refractivity contribution in [2.45, 2.75) is 50.3 Å². The highest BCUT2D eigenvalue weighted by Gasteiger charge is 2.32. The van der Waals surface area contributed by atoms with Gasteiger partial charge in [-0.1, -0.05) is 24.1 Å². The predicted molar refractivity (Wildman–Crippen MR) is 69.6 cm³/mol. The van der Waals surface area contributed by atoms with Crippen LogP contribution in [0.3, 0.4) is 0 Å². The molecule has 2 heterocycles. The van der Waals surface area contributed by atoms with E-state index in [9.17, 15) is 4.39 Å². The summed E-state index contributed by atoms with van der Waals surface area (Å²) in [5.74, 6) is -0.157. The number of benzene rings is 1. The lowest BCUT2D eigenvalue weighted by molar-refractivity contribution is 0.0893. The molecule has 2 aliphatic heterocycles. The van der Waals surface area contributed by atoms with Crippen molar-refractivity contribution in [2.24, 2.45) is 0 Å². The molecule has 2 nitrogen and oxygen atoms in total. The molecule has 2 fully saturated rings. The number of nitrogens with one attached hydrogen (secondary N) is 1. The zero-order chi connectivity index (χ0) is 12.5. The Hall–Kier alpha value is -0.800. The van der Waals surface area contributed by atoms with E-state index >= 15 is 0 Å². The number of halogens is 2. The van der Waals surface area contributed by atoms with E-state index in [1.165, 1.54) is 19.3 Å². The van der Waals surface area contributed by atoms with Crippen LogP contribution in [0.15, 0.2) is 18.2 Å². The summed E-state index contributed by atoms with van der Waals surface area (Å²) in [7, 11) is 0. The Morgan fingerprint density at radius 2 is 1.94 bits per heavy atom. The molecule has 3 rings (SSSR count). The highest BCUT2D eigenvalue weighted by molar-refractivity contribution is 6.30. The summed E-state index contributed by atoms with van der Waals surface area (Å²) in [6.07, 6.45) is 5.73. The topological polar surface area (TPSA) is 21.3 Å². The Kier molecular flexibility index (Phi) is 3.44. The molecule has 2 aliphatic rings. The van der Waals surface area contributed by atoms with Crippen LogP contribution in [0, 0.1) is 5.82 Å². The molecule has 2 atom stereocenters. The lowest BCUT2D eigenvalue weighted by Gasteiger charge is -2.40. The SMILES string of the molecule is Fc1c(Cl)cccc1OC1CC2CCCC(C1)N2. The standard InChI is InChI=1S/C14H17ClFNO/c15-12-5-2-6-13(14(12)16)18-11-7-9-3-1-4-10(8-11)17-9/h2,5-6,9-11,17H,1,3-4,7-8H2. The van der Waals surface area contributed by atoms with E-state index in [4.69, 9.17) is 16.3 Å². The predicted octanol–water partition coefficient (Wildman–Crippen LogP) is 3.53. The average molecular weight is 270 g/mol. The zero-order valence-corrected chi connectivity index (χ0v) is 10.9. The van der Waals surface area contributed by atoms with Crippen molar-refractivity contribution < 1.29 is 9.13 Å². The summed E-state index contributed by atoms with van der Waals surface area (Å²) in [5.41, 5.74) is 0. The van der Waals surface area contributed by atoms with Crippen LogP contribution in [0.5, 0.6) is 5.75 Å². The normalized spacial score (nSPS) is 31.1. The first-order chi connectivity index (χ1) is 8.72. The minimum Gasteiger partial charge on any atom is -0.487 e. The van der Waals surface area contributed by atoms with Gasteiger partial charge in [-0.15, -0.1) is 0 Å². The summed E-state index contributed by atoms with van der Waals surface area (Å²) >= 11 is 5.76. The lowest BCUT2D eigenvalue weighted by atomic mass is 9.85.